The molecule has 1 fully saturated rings. The molecule has 0 spiro atoms. The zero-order valence-electron chi connectivity index (χ0n) is 22.5. The van der Waals surface area contributed by atoms with Gasteiger partial charge in [0, 0.05) is 74.8 Å². The van der Waals surface area contributed by atoms with Gasteiger partial charge in [0.1, 0.15) is 0 Å². The van der Waals surface area contributed by atoms with Crippen molar-refractivity contribution < 1.29 is 18.0 Å². The number of ketones is 1. The topological polar surface area (TPSA) is 48.5 Å². The minimum Gasteiger partial charge on any atom is -0.316 e. The van der Waals surface area contributed by atoms with E-state index in [1.807, 2.05) is 38.1 Å². The lowest BCUT2D eigenvalue weighted by atomic mass is 9.96. The Morgan fingerprint density at radius 2 is 1.77 bits per heavy atom. The summed E-state index contributed by atoms with van der Waals surface area (Å²) in [6.45, 7) is 5.94. The highest BCUT2D eigenvalue weighted by Crippen LogP contribution is 2.34. The van der Waals surface area contributed by atoms with Crippen molar-refractivity contribution in [3.63, 3.8) is 0 Å². The number of piperazine rings is 1. The first-order chi connectivity index (χ1) is 18.6. The smallest absolute Gasteiger partial charge is 0.316 e. The van der Waals surface area contributed by atoms with Crippen LogP contribution in [0.25, 0.3) is 0 Å². The summed E-state index contributed by atoms with van der Waals surface area (Å²) in [4.78, 5) is 21.5. The summed E-state index contributed by atoms with van der Waals surface area (Å²) in [6.07, 6.45) is -1.16. The third-order valence-corrected chi connectivity index (χ3v) is 6.91. The molecule has 204 valence electrons. The molecule has 1 N–H and O–H groups in total. The van der Waals surface area contributed by atoms with Crippen molar-refractivity contribution in [3.8, 4) is 11.8 Å². The predicted octanol–water partition coefficient (Wildman–Crippen LogP) is 4.70. The van der Waals surface area contributed by atoms with E-state index in [2.05, 4.69) is 27.0 Å². The van der Waals surface area contributed by atoms with E-state index in [4.69, 9.17) is 0 Å². The quantitative estimate of drug-likeness (QED) is 0.352. The maximum atomic E-state index is 14.0. The molecule has 0 unspecified atom stereocenters. The van der Waals surface area contributed by atoms with Crippen LogP contribution in [0.1, 0.15) is 49.3 Å². The minimum absolute atomic E-state index is 0.121. The monoisotopic (exact) mass is 534 g/mol. The van der Waals surface area contributed by atoms with Gasteiger partial charge in [0.2, 0.25) is 0 Å². The number of hydrogen-bond donors (Lipinski definition) is 1. The fraction of sp³-hybridized carbons (Fsp3) is 0.355. The summed E-state index contributed by atoms with van der Waals surface area (Å²) in [6, 6.07) is 11.5. The van der Waals surface area contributed by atoms with Crippen molar-refractivity contribution in [2.24, 2.45) is 0 Å². The van der Waals surface area contributed by atoms with E-state index in [1.165, 1.54) is 6.07 Å². The summed E-state index contributed by atoms with van der Waals surface area (Å²) in [5, 5.41) is 3.08. The van der Waals surface area contributed by atoms with E-state index in [0.29, 0.717) is 23.2 Å². The largest absolute Gasteiger partial charge is 0.416 e. The number of aromatic nitrogens is 1. The first-order valence-corrected chi connectivity index (χ1v) is 13.0. The molecule has 0 saturated carbocycles. The minimum atomic E-state index is -4.49. The van der Waals surface area contributed by atoms with Gasteiger partial charge in [-0.3, -0.25) is 14.7 Å². The van der Waals surface area contributed by atoms with Gasteiger partial charge < -0.3 is 10.2 Å². The third-order valence-electron chi connectivity index (χ3n) is 6.91. The molecule has 0 aliphatic carbocycles. The number of aryl methyl sites for hydroxylation is 1. The molecular weight excluding hydrogens is 501 g/mol. The van der Waals surface area contributed by atoms with Crippen LogP contribution in [0, 0.1) is 18.8 Å². The lowest BCUT2D eigenvalue weighted by Gasteiger charge is -2.33. The number of Topliss-reactive ketones (excluding diaryl/α,β-unsaturated/α-hetero) is 1. The SMILES string of the molecule is CNCc1cncc(C#Cc2cc(C(=O)Cc3ccc(CN4CCN(C)CC4)c(C(F)(F)F)c3)ccc2C)c1. The van der Waals surface area contributed by atoms with E-state index < -0.39 is 11.7 Å². The second kappa shape index (κ2) is 12.6. The molecule has 2 heterocycles. The van der Waals surface area contributed by atoms with E-state index in [0.717, 1.165) is 48.9 Å². The molecule has 1 saturated heterocycles. The van der Waals surface area contributed by atoms with Crippen LogP contribution in [0.3, 0.4) is 0 Å². The Labute approximate surface area is 228 Å². The Hall–Kier alpha value is -3.51. The number of nitrogens with one attached hydrogen (secondary N) is 1. The first kappa shape index (κ1) is 28.5. The highest BCUT2D eigenvalue weighted by molar-refractivity contribution is 5.98. The Morgan fingerprint density at radius 1 is 1.00 bits per heavy atom. The second-order valence-electron chi connectivity index (χ2n) is 10.1. The van der Waals surface area contributed by atoms with Gasteiger partial charge in [0.25, 0.3) is 0 Å². The summed E-state index contributed by atoms with van der Waals surface area (Å²) >= 11 is 0. The molecule has 5 nitrogen and oxygen atoms in total. The summed E-state index contributed by atoms with van der Waals surface area (Å²) in [5.41, 5.74) is 3.70. The molecule has 1 aromatic heterocycles. The highest BCUT2D eigenvalue weighted by atomic mass is 19.4. The van der Waals surface area contributed by atoms with Crippen LogP contribution in [-0.2, 0) is 25.7 Å². The van der Waals surface area contributed by atoms with Gasteiger partial charge in [-0.1, -0.05) is 36.1 Å². The number of hydrogen-bond acceptors (Lipinski definition) is 5. The van der Waals surface area contributed by atoms with Crippen LogP contribution >= 0.6 is 0 Å². The number of carbonyl (C=O) groups excluding carboxylic acids is 1. The lowest BCUT2D eigenvalue weighted by molar-refractivity contribution is -0.138. The third kappa shape index (κ3) is 7.76. The van der Waals surface area contributed by atoms with Gasteiger partial charge in [-0.25, -0.2) is 0 Å². The van der Waals surface area contributed by atoms with E-state index in [9.17, 15) is 18.0 Å². The number of benzene rings is 2. The van der Waals surface area contributed by atoms with E-state index in [1.54, 1.807) is 30.6 Å². The van der Waals surface area contributed by atoms with Crippen LogP contribution < -0.4 is 5.32 Å². The molecule has 1 aliphatic heterocycles. The average Bonchev–Trinajstić information content (AvgIpc) is 2.90. The van der Waals surface area contributed by atoms with Gasteiger partial charge in [-0.2, -0.15) is 13.2 Å². The Morgan fingerprint density at radius 3 is 2.49 bits per heavy atom. The van der Waals surface area contributed by atoms with Gasteiger partial charge in [-0.15, -0.1) is 0 Å². The maximum absolute atomic E-state index is 14.0. The number of pyridine rings is 1. The van der Waals surface area contributed by atoms with Crippen molar-refractivity contribution >= 4 is 5.78 Å². The highest BCUT2D eigenvalue weighted by Gasteiger charge is 2.34. The standard InChI is InChI=1S/C31H33F3N4O/c1-22-4-7-27(17-26(22)8-6-24-14-25(18-35-2)20-36-19-24)30(39)16-23-5-9-28(29(15-23)31(32,33)34)21-38-12-10-37(3)11-13-38/h4-5,7,9,14-15,17,19-20,35H,10-13,16,18,21H2,1-3H3. The van der Waals surface area contributed by atoms with Gasteiger partial charge >= 0.3 is 6.18 Å². The van der Waals surface area contributed by atoms with Crippen molar-refractivity contribution in [3.05, 3.63) is 99.4 Å². The Bertz CT molecular complexity index is 1380. The van der Waals surface area contributed by atoms with Crippen molar-refractivity contribution in [1.29, 1.82) is 0 Å². The number of nitrogens with zero attached hydrogens (tertiary/aromatic N) is 3. The molecule has 0 amide bonds. The van der Waals surface area contributed by atoms with Gasteiger partial charge in [0.05, 0.1) is 5.56 Å². The number of carbonyl (C=O) groups is 1. The molecule has 1 aliphatic rings. The molecule has 39 heavy (non-hydrogen) atoms. The fourth-order valence-electron chi connectivity index (χ4n) is 4.60. The number of alkyl halides is 3. The molecule has 0 radical (unpaired) electrons. The molecule has 0 bridgehead atoms. The number of likely N-dealkylation sites (N-methyl/N-ethyl adjacent to an activating group) is 1. The van der Waals surface area contributed by atoms with Crippen molar-refractivity contribution in [2.75, 3.05) is 40.3 Å². The first-order valence-electron chi connectivity index (χ1n) is 13.0. The zero-order valence-corrected chi connectivity index (χ0v) is 22.5. The van der Waals surface area contributed by atoms with Crippen LogP contribution in [0.2, 0.25) is 0 Å². The molecule has 8 heteroatoms. The summed E-state index contributed by atoms with van der Waals surface area (Å²) in [5.74, 6) is 5.96. The normalized spacial score (nSPS) is 14.6. The second-order valence-corrected chi connectivity index (χ2v) is 10.1. The Kier molecular flexibility index (Phi) is 9.18. The Balaban J connectivity index is 1.52. The van der Waals surface area contributed by atoms with Gasteiger partial charge in [0.15, 0.2) is 5.78 Å². The zero-order chi connectivity index (χ0) is 28.0. The van der Waals surface area contributed by atoms with Crippen LogP contribution in [0.15, 0.2) is 54.9 Å². The van der Waals surface area contributed by atoms with Crippen LogP contribution in [-0.4, -0.2) is 60.8 Å². The van der Waals surface area contributed by atoms with Crippen LogP contribution in [0.5, 0.6) is 0 Å². The van der Waals surface area contributed by atoms with Crippen LogP contribution in [0.4, 0.5) is 13.2 Å². The summed E-state index contributed by atoms with van der Waals surface area (Å²) < 4.78 is 41.9. The lowest BCUT2D eigenvalue weighted by Crippen LogP contribution is -2.44. The maximum Gasteiger partial charge on any atom is 0.416 e. The van der Waals surface area contributed by atoms with Gasteiger partial charge in [-0.05, 0) is 61.5 Å². The molecule has 3 aromatic rings. The van der Waals surface area contributed by atoms with E-state index >= 15 is 0 Å². The molecule has 0 atom stereocenters. The molecular formula is C31H33F3N4O. The van der Waals surface area contributed by atoms with Crippen molar-refractivity contribution in [2.45, 2.75) is 32.6 Å². The summed E-state index contributed by atoms with van der Waals surface area (Å²) in [7, 11) is 3.87. The average molecular weight is 535 g/mol. The number of halogens is 3. The number of rotatable bonds is 7. The van der Waals surface area contributed by atoms with E-state index in [-0.39, 0.29) is 24.3 Å². The van der Waals surface area contributed by atoms with Crippen molar-refractivity contribution in [1.82, 2.24) is 20.1 Å². The fourth-order valence-corrected chi connectivity index (χ4v) is 4.60. The molecule has 4 rings (SSSR count). The predicted molar refractivity (Wildman–Crippen MR) is 146 cm³/mol. The molecule has 2 aromatic carbocycles.